The number of methoxy groups -OCH3 is 1. The van der Waals surface area contributed by atoms with Gasteiger partial charge in [0, 0.05) is 12.1 Å². The zero-order valence-electron chi connectivity index (χ0n) is 13.6. The molecule has 0 fully saturated rings. The van der Waals surface area contributed by atoms with Crippen molar-refractivity contribution in [2.24, 2.45) is 11.0 Å². The molecule has 0 aromatic heterocycles. The highest BCUT2D eigenvalue weighted by Crippen LogP contribution is 2.41. The van der Waals surface area contributed by atoms with Gasteiger partial charge in [0.15, 0.2) is 0 Å². The monoisotopic (exact) mass is 344 g/mol. The number of aliphatic hydroxyl groups is 1. The van der Waals surface area contributed by atoms with Crippen LogP contribution in [0.1, 0.15) is 25.8 Å². The molecule has 1 aliphatic heterocycles. The molecule has 8 heteroatoms. The van der Waals surface area contributed by atoms with E-state index in [2.05, 4.69) is 5.10 Å². The zero-order valence-corrected chi connectivity index (χ0v) is 13.6. The summed E-state index contributed by atoms with van der Waals surface area (Å²) in [6.45, 7) is 3.32. The summed E-state index contributed by atoms with van der Waals surface area (Å²) in [5.41, 5.74) is -2.66. The number of rotatable bonds is 4. The second-order valence-corrected chi connectivity index (χ2v) is 5.97. The molecule has 1 unspecified atom stereocenters. The van der Waals surface area contributed by atoms with Gasteiger partial charge in [0.25, 0.3) is 5.72 Å². The van der Waals surface area contributed by atoms with Gasteiger partial charge in [0.1, 0.15) is 5.75 Å². The topological polar surface area (TPSA) is 62.1 Å². The first-order valence-corrected chi connectivity index (χ1v) is 7.41. The van der Waals surface area contributed by atoms with Crippen molar-refractivity contribution >= 4 is 11.6 Å². The second kappa shape index (κ2) is 6.43. The number of hydrazone groups is 1. The molecule has 1 aromatic rings. The Morgan fingerprint density at radius 1 is 1.38 bits per heavy atom. The highest BCUT2D eigenvalue weighted by Gasteiger charge is 2.63. The van der Waals surface area contributed by atoms with E-state index in [1.165, 1.54) is 7.11 Å². The lowest BCUT2D eigenvalue weighted by molar-refractivity contribution is -0.302. The van der Waals surface area contributed by atoms with E-state index in [4.69, 9.17) is 4.74 Å². The van der Waals surface area contributed by atoms with E-state index in [1.54, 1.807) is 38.1 Å². The standard InChI is InChI=1S/C16H19F3N2O3/c1-10(2)13-9-15(23,16(17,18)19)21(20-13)14(22)8-11-4-6-12(24-3)7-5-11/h4-7,10,23H,8-9H2,1-3H3. The zero-order chi connectivity index (χ0) is 18.1. The van der Waals surface area contributed by atoms with Gasteiger partial charge in [-0.25, -0.2) is 0 Å². The number of alkyl halides is 3. The van der Waals surface area contributed by atoms with E-state index >= 15 is 0 Å². The molecule has 132 valence electrons. The van der Waals surface area contributed by atoms with Crippen LogP contribution in [0.4, 0.5) is 13.2 Å². The molecule has 1 aliphatic rings. The lowest BCUT2D eigenvalue weighted by Gasteiger charge is -2.32. The number of amides is 1. The fourth-order valence-electron chi connectivity index (χ4n) is 2.37. The number of nitrogens with zero attached hydrogens (tertiary/aromatic N) is 2. The fraction of sp³-hybridized carbons (Fsp3) is 0.500. The maximum Gasteiger partial charge on any atom is 0.438 e. The summed E-state index contributed by atoms with van der Waals surface area (Å²) >= 11 is 0. The van der Waals surface area contributed by atoms with E-state index in [-0.39, 0.29) is 23.1 Å². The normalized spacial score (nSPS) is 21.2. The molecule has 0 saturated carbocycles. The first-order chi connectivity index (χ1) is 11.1. The average Bonchev–Trinajstić information content (AvgIpc) is 2.87. The summed E-state index contributed by atoms with van der Waals surface area (Å²) in [7, 11) is 1.48. The highest BCUT2D eigenvalue weighted by atomic mass is 19.4. The Hall–Kier alpha value is -2.09. The minimum absolute atomic E-state index is 0.137. The molecular formula is C16H19F3N2O3. The number of ether oxygens (including phenoxy) is 1. The van der Waals surface area contributed by atoms with Crippen LogP contribution >= 0.6 is 0 Å². The Morgan fingerprint density at radius 3 is 2.42 bits per heavy atom. The summed E-state index contributed by atoms with van der Waals surface area (Å²) < 4.78 is 44.9. The van der Waals surface area contributed by atoms with E-state index in [0.29, 0.717) is 11.3 Å². The lowest BCUT2D eigenvalue weighted by atomic mass is 9.99. The summed E-state index contributed by atoms with van der Waals surface area (Å²) in [6, 6.07) is 6.36. The van der Waals surface area contributed by atoms with Crippen molar-refractivity contribution in [3.8, 4) is 5.75 Å². The predicted molar refractivity (Wildman–Crippen MR) is 81.4 cm³/mol. The van der Waals surface area contributed by atoms with Gasteiger partial charge in [-0.2, -0.15) is 23.3 Å². The van der Waals surface area contributed by atoms with Crippen LogP contribution in [-0.4, -0.2) is 40.7 Å². The van der Waals surface area contributed by atoms with Crippen LogP contribution in [0.3, 0.4) is 0 Å². The van der Waals surface area contributed by atoms with Crippen LogP contribution in [-0.2, 0) is 11.2 Å². The van der Waals surface area contributed by atoms with Crippen molar-refractivity contribution in [1.82, 2.24) is 5.01 Å². The van der Waals surface area contributed by atoms with Crippen molar-refractivity contribution in [2.45, 2.75) is 38.6 Å². The summed E-state index contributed by atoms with van der Waals surface area (Å²) in [4.78, 5) is 12.3. The van der Waals surface area contributed by atoms with Gasteiger partial charge < -0.3 is 9.84 Å². The number of hydrogen-bond donors (Lipinski definition) is 1. The number of hydrogen-bond acceptors (Lipinski definition) is 4. The molecule has 5 nitrogen and oxygen atoms in total. The largest absolute Gasteiger partial charge is 0.497 e. The van der Waals surface area contributed by atoms with Crippen molar-refractivity contribution in [3.05, 3.63) is 29.8 Å². The highest BCUT2D eigenvalue weighted by molar-refractivity contribution is 5.92. The molecule has 1 atom stereocenters. The van der Waals surface area contributed by atoms with E-state index in [0.717, 1.165) is 0 Å². The van der Waals surface area contributed by atoms with E-state index in [1.807, 2.05) is 0 Å². The Kier molecular flexibility index (Phi) is 4.89. The fourth-order valence-corrected chi connectivity index (χ4v) is 2.37. The molecule has 0 spiro atoms. The SMILES string of the molecule is COc1ccc(CC(=O)N2N=C(C(C)C)CC2(O)C(F)(F)F)cc1. The maximum absolute atomic E-state index is 13.3. The van der Waals surface area contributed by atoms with Gasteiger partial charge in [-0.15, -0.1) is 0 Å². The van der Waals surface area contributed by atoms with Gasteiger partial charge in [-0.3, -0.25) is 4.79 Å². The molecule has 1 N–H and O–H groups in total. The maximum atomic E-state index is 13.3. The molecule has 1 aromatic carbocycles. The van der Waals surface area contributed by atoms with Crippen LogP contribution in [0.25, 0.3) is 0 Å². The summed E-state index contributed by atoms with van der Waals surface area (Å²) in [5.74, 6) is -0.660. The van der Waals surface area contributed by atoms with Crippen LogP contribution in [0, 0.1) is 5.92 Å². The van der Waals surface area contributed by atoms with Crippen LogP contribution in [0.5, 0.6) is 5.75 Å². The minimum Gasteiger partial charge on any atom is -0.497 e. The molecule has 1 amide bonds. The molecular weight excluding hydrogens is 325 g/mol. The van der Waals surface area contributed by atoms with Crippen molar-refractivity contribution < 1.29 is 27.8 Å². The van der Waals surface area contributed by atoms with Crippen molar-refractivity contribution in [1.29, 1.82) is 0 Å². The third kappa shape index (κ3) is 3.38. The molecule has 24 heavy (non-hydrogen) atoms. The van der Waals surface area contributed by atoms with Crippen LogP contribution < -0.4 is 4.74 Å². The predicted octanol–water partition coefficient (Wildman–Crippen LogP) is 2.73. The Morgan fingerprint density at radius 2 is 1.96 bits per heavy atom. The molecule has 0 radical (unpaired) electrons. The molecule has 2 rings (SSSR count). The van der Waals surface area contributed by atoms with Crippen LogP contribution in [0.2, 0.25) is 0 Å². The van der Waals surface area contributed by atoms with Gasteiger partial charge in [0.05, 0.1) is 13.5 Å². The first-order valence-electron chi connectivity index (χ1n) is 7.41. The lowest BCUT2D eigenvalue weighted by Crippen LogP contribution is -2.57. The van der Waals surface area contributed by atoms with E-state index in [9.17, 15) is 23.1 Å². The molecule has 0 bridgehead atoms. The number of carbonyl (C=O) groups excluding carboxylic acids is 1. The Labute approximate surface area is 137 Å². The summed E-state index contributed by atoms with van der Waals surface area (Å²) in [5, 5.41) is 14.0. The van der Waals surface area contributed by atoms with E-state index < -0.39 is 24.2 Å². The average molecular weight is 344 g/mol. The summed E-state index contributed by atoms with van der Waals surface area (Å²) in [6.07, 6.45) is -6.04. The first kappa shape index (κ1) is 18.3. The van der Waals surface area contributed by atoms with Gasteiger partial charge in [-0.1, -0.05) is 26.0 Å². The van der Waals surface area contributed by atoms with Crippen LogP contribution in [0.15, 0.2) is 29.4 Å². The Bertz CT molecular complexity index is 641. The third-order valence-electron chi connectivity index (χ3n) is 3.88. The van der Waals surface area contributed by atoms with Crippen molar-refractivity contribution in [2.75, 3.05) is 7.11 Å². The Balaban J connectivity index is 2.26. The number of carbonyl (C=O) groups is 1. The minimum atomic E-state index is -5.00. The van der Waals surface area contributed by atoms with Crippen molar-refractivity contribution in [3.63, 3.8) is 0 Å². The third-order valence-corrected chi connectivity index (χ3v) is 3.88. The molecule has 1 heterocycles. The smallest absolute Gasteiger partial charge is 0.438 e. The number of halogens is 3. The number of benzene rings is 1. The van der Waals surface area contributed by atoms with Gasteiger partial charge in [0.2, 0.25) is 5.91 Å². The van der Waals surface area contributed by atoms with Gasteiger partial charge in [-0.05, 0) is 23.6 Å². The van der Waals surface area contributed by atoms with Gasteiger partial charge >= 0.3 is 6.18 Å². The molecule has 0 aliphatic carbocycles. The second-order valence-electron chi connectivity index (χ2n) is 5.97. The quantitative estimate of drug-likeness (QED) is 0.914. The molecule has 0 saturated heterocycles.